The third-order valence-electron chi connectivity index (χ3n) is 3.71. The van der Waals surface area contributed by atoms with Crippen LogP contribution in [0.15, 0.2) is 18.2 Å². The quantitative estimate of drug-likeness (QED) is 0.915. The first-order chi connectivity index (χ1) is 9.56. The van der Waals surface area contributed by atoms with Crippen LogP contribution >= 0.6 is 0 Å². The number of amides is 1. The third kappa shape index (κ3) is 3.97. The number of ether oxygens (including phenoxy) is 1. The van der Waals surface area contributed by atoms with Gasteiger partial charge in [0.1, 0.15) is 5.75 Å². The van der Waals surface area contributed by atoms with E-state index in [0.29, 0.717) is 19.6 Å². The number of carbonyl (C=O) groups is 1. The molecule has 4 nitrogen and oxygen atoms in total. The van der Waals surface area contributed by atoms with Crippen LogP contribution in [0.25, 0.3) is 0 Å². The maximum absolute atomic E-state index is 12.1. The molecule has 1 aromatic carbocycles. The first kappa shape index (κ1) is 14.9. The summed E-state index contributed by atoms with van der Waals surface area (Å²) in [5.74, 6) is 1.00. The zero-order valence-electron chi connectivity index (χ0n) is 12.4. The van der Waals surface area contributed by atoms with Crippen LogP contribution in [-0.2, 0) is 4.79 Å². The van der Waals surface area contributed by atoms with E-state index >= 15 is 0 Å². The van der Waals surface area contributed by atoms with Gasteiger partial charge in [-0.2, -0.15) is 0 Å². The fourth-order valence-corrected chi connectivity index (χ4v) is 2.60. The van der Waals surface area contributed by atoms with Crippen molar-refractivity contribution in [3.8, 4) is 5.75 Å². The molecule has 0 aliphatic carbocycles. The van der Waals surface area contributed by atoms with E-state index in [1.165, 1.54) is 5.56 Å². The molecule has 1 heterocycles. The summed E-state index contributed by atoms with van der Waals surface area (Å²) in [6.07, 6.45) is 2.44. The number of hydrogen-bond donors (Lipinski definition) is 1. The van der Waals surface area contributed by atoms with Crippen LogP contribution in [0.1, 0.15) is 30.4 Å². The Hall–Kier alpha value is -1.55. The molecule has 1 aliphatic rings. The number of nitrogens with zero attached hydrogens (tertiary/aromatic N) is 1. The molecule has 1 aromatic rings. The zero-order valence-corrected chi connectivity index (χ0v) is 12.4. The minimum absolute atomic E-state index is 0.132. The lowest BCUT2D eigenvalue weighted by Crippen LogP contribution is -2.46. The monoisotopic (exact) mass is 276 g/mol. The summed E-state index contributed by atoms with van der Waals surface area (Å²) in [4.78, 5) is 13.9. The molecular weight excluding hydrogens is 252 g/mol. The van der Waals surface area contributed by atoms with Crippen LogP contribution in [0.3, 0.4) is 0 Å². The normalized spacial score (nSPS) is 18.9. The Morgan fingerprint density at radius 1 is 1.45 bits per heavy atom. The molecule has 1 aliphatic heterocycles. The number of piperidine rings is 1. The Balaban J connectivity index is 1.79. The van der Waals surface area contributed by atoms with Crippen molar-refractivity contribution in [3.63, 3.8) is 0 Å². The van der Waals surface area contributed by atoms with Crippen LogP contribution in [-0.4, -0.2) is 36.5 Å². The molecule has 2 N–H and O–H groups in total. The van der Waals surface area contributed by atoms with Crippen molar-refractivity contribution < 1.29 is 9.53 Å². The predicted molar refractivity (Wildman–Crippen MR) is 79.8 cm³/mol. The predicted octanol–water partition coefficient (Wildman–Crippen LogP) is 2.02. The van der Waals surface area contributed by atoms with Crippen molar-refractivity contribution in [2.24, 2.45) is 5.73 Å². The van der Waals surface area contributed by atoms with Crippen LogP contribution in [0.2, 0.25) is 0 Å². The van der Waals surface area contributed by atoms with E-state index < -0.39 is 0 Å². The van der Waals surface area contributed by atoms with Gasteiger partial charge in [0.2, 0.25) is 5.91 Å². The van der Waals surface area contributed by atoms with Gasteiger partial charge >= 0.3 is 0 Å². The van der Waals surface area contributed by atoms with Gasteiger partial charge in [-0.1, -0.05) is 17.7 Å². The molecule has 0 spiro atoms. The fraction of sp³-hybridized carbons (Fsp3) is 0.562. The summed E-state index contributed by atoms with van der Waals surface area (Å²) in [5.41, 5.74) is 8.22. The van der Waals surface area contributed by atoms with Gasteiger partial charge in [-0.05, 0) is 38.3 Å². The smallest absolute Gasteiger partial charge is 0.226 e. The minimum Gasteiger partial charge on any atom is -0.493 e. The largest absolute Gasteiger partial charge is 0.493 e. The molecule has 4 heteroatoms. The van der Waals surface area contributed by atoms with E-state index in [9.17, 15) is 4.79 Å². The highest BCUT2D eigenvalue weighted by atomic mass is 16.5. The minimum atomic E-state index is 0.132. The molecule has 0 bridgehead atoms. The van der Waals surface area contributed by atoms with E-state index in [0.717, 1.165) is 30.7 Å². The Labute approximate surface area is 120 Å². The molecule has 0 aromatic heterocycles. The van der Waals surface area contributed by atoms with Crippen molar-refractivity contribution in [2.45, 2.75) is 39.2 Å². The SMILES string of the molecule is Cc1ccc(OCCC(=O)N2CCCC(N)C2)c(C)c1. The highest BCUT2D eigenvalue weighted by molar-refractivity contribution is 5.76. The second-order valence-corrected chi connectivity index (χ2v) is 5.61. The van der Waals surface area contributed by atoms with E-state index in [2.05, 4.69) is 13.0 Å². The average molecular weight is 276 g/mol. The highest BCUT2D eigenvalue weighted by Crippen LogP contribution is 2.19. The Kier molecular flexibility index (Phi) is 5.01. The lowest BCUT2D eigenvalue weighted by Gasteiger charge is -2.30. The molecule has 1 unspecified atom stereocenters. The van der Waals surface area contributed by atoms with Gasteiger partial charge in [-0.25, -0.2) is 0 Å². The van der Waals surface area contributed by atoms with Crippen LogP contribution < -0.4 is 10.5 Å². The maximum atomic E-state index is 12.1. The summed E-state index contributed by atoms with van der Waals surface area (Å²) in [6.45, 7) is 6.01. The molecule has 1 fully saturated rings. The van der Waals surface area contributed by atoms with Crippen molar-refractivity contribution in [2.75, 3.05) is 19.7 Å². The van der Waals surface area contributed by atoms with Gasteiger partial charge in [0, 0.05) is 19.1 Å². The van der Waals surface area contributed by atoms with Gasteiger partial charge in [0.25, 0.3) is 0 Å². The van der Waals surface area contributed by atoms with E-state index in [1.54, 1.807) is 0 Å². The molecule has 0 radical (unpaired) electrons. The van der Waals surface area contributed by atoms with Gasteiger partial charge < -0.3 is 15.4 Å². The highest BCUT2D eigenvalue weighted by Gasteiger charge is 2.20. The van der Waals surface area contributed by atoms with Crippen molar-refractivity contribution in [1.82, 2.24) is 4.90 Å². The lowest BCUT2D eigenvalue weighted by molar-refractivity contribution is -0.132. The molecule has 20 heavy (non-hydrogen) atoms. The summed E-state index contributed by atoms with van der Waals surface area (Å²) in [5, 5.41) is 0. The van der Waals surface area contributed by atoms with Crippen molar-refractivity contribution in [1.29, 1.82) is 0 Å². The second-order valence-electron chi connectivity index (χ2n) is 5.61. The molecular formula is C16H24N2O2. The summed E-state index contributed by atoms with van der Waals surface area (Å²) >= 11 is 0. The number of carbonyl (C=O) groups excluding carboxylic acids is 1. The first-order valence-corrected chi connectivity index (χ1v) is 7.29. The Morgan fingerprint density at radius 2 is 2.25 bits per heavy atom. The van der Waals surface area contributed by atoms with Crippen LogP contribution in [0.5, 0.6) is 5.75 Å². The number of rotatable bonds is 4. The number of hydrogen-bond acceptors (Lipinski definition) is 3. The second kappa shape index (κ2) is 6.75. The van der Waals surface area contributed by atoms with E-state index in [-0.39, 0.29) is 11.9 Å². The molecule has 1 amide bonds. The first-order valence-electron chi connectivity index (χ1n) is 7.29. The van der Waals surface area contributed by atoms with Gasteiger partial charge in [-0.15, -0.1) is 0 Å². The lowest BCUT2D eigenvalue weighted by atomic mass is 10.1. The third-order valence-corrected chi connectivity index (χ3v) is 3.71. The van der Waals surface area contributed by atoms with Crippen LogP contribution in [0.4, 0.5) is 0 Å². The fourth-order valence-electron chi connectivity index (χ4n) is 2.60. The molecule has 1 atom stereocenters. The van der Waals surface area contributed by atoms with Crippen molar-refractivity contribution >= 4 is 5.91 Å². The molecule has 1 saturated heterocycles. The maximum Gasteiger partial charge on any atom is 0.226 e. The standard InChI is InChI=1S/C16H24N2O2/c1-12-5-6-15(13(2)10-12)20-9-7-16(19)18-8-3-4-14(17)11-18/h5-6,10,14H,3-4,7-9,11,17H2,1-2H3. The summed E-state index contributed by atoms with van der Waals surface area (Å²) in [6, 6.07) is 6.20. The summed E-state index contributed by atoms with van der Waals surface area (Å²) < 4.78 is 5.70. The van der Waals surface area contributed by atoms with Gasteiger partial charge in [-0.3, -0.25) is 4.79 Å². The number of aryl methyl sites for hydroxylation is 2. The topological polar surface area (TPSA) is 55.6 Å². The molecule has 110 valence electrons. The molecule has 0 saturated carbocycles. The van der Waals surface area contributed by atoms with Gasteiger partial charge in [0.05, 0.1) is 13.0 Å². The van der Waals surface area contributed by atoms with Crippen molar-refractivity contribution in [3.05, 3.63) is 29.3 Å². The van der Waals surface area contributed by atoms with E-state index in [4.69, 9.17) is 10.5 Å². The molecule has 2 rings (SSSR count). The average Bonchev–Trinajstić information content (AvgIpc) is 2.41. The van der Waals surface area contributed by atoms with E-state index in [1.807, 2.05) is 24.0 Å². The number of likely N-dealkylation sites (tertiary alicyclic amines) is 1. The van der Waals surface area contributed by atoms with Gasteiger partial charge in [0.15, 0.2) is 0 Å². The number of nitrogens with two attached hydrogens (primary N) is 1. The Bertz CT molecular complexity index is 474. The Morgan fingerprint density at radius 3 is 2.95 bits per heavy atom. The number of benzene rings is 1. The summed E-state index contributed by atoms with van der Waals surface area (Å²) in [7, 11) is 0. The zero-order chi connectivity index (χ0) is 14.5. The van der Waals surface area contributed by atoms with Crippen LogP contribution in [0, 0.1) is 13.8 Å².